The summed E-state index contributed by atoms with van der Waals surface area (Å²) < 4.78 is 25.3. The van der Waals surface area contributed by atoms with Crippen LogP contribution in [-0.4, -0.2) is 24.9 Å². The number of ether oxygens (including phenoxy) is 4. The van der Waals surface area contributed by atoms with E-state index in [0.717, 1.165) is 27.8 Å². The van der Waals surface area contributed by atoms with Crippen molar-refractivity contribution in [2.75, 3.05) is 6.61 Å². The van der Waals surface area contributed by atoms with Gasteiger partial charge < -0.3 is 18.9 Å². The lowest BCUT2D eigenvalue weighted by Crippen LogP contribution is -2.43. The molecule has 0 saturated heterocycles. The van der Waals surface area contributed by atoms with E-state index in [1.165, 1.54) is 0 Å². The van der Waals surface area contributed by atoms with Gasteiger partial charge in [0, 0.05) is 0 Å². The number of hydrogen-bond donors (Lipinski definition) is 0. The van der Waals surface area contributed by atoms with E-state index in [4.69, 9.17) is 25.4 Å². The molecule has 0 fully saturated rings. The zero-order chi connectivity index (χ0) is 27.8. The van der Waals surface area contributed by atoms with Crippen LogP contribution in [0, 0.1) is 12.3 Å². The molecule has 0 saturated carbocycles. The summed E-state index contributed by atoms with van der Waals surface area (Å²) in [6.45, 7) is 6.17. The van der Waals surface area contributed by atoms with Crippen molar-refractivity contribution in [1.82, 2.24) is 0 Å². The summed E-state index contributed by atoms with van der Waals surface area (Å²) in [4.78, 5) is 0. The first-order chi connectivity index (χ1) is 19.7. The van der Waals surface area contributed by atoms with Crippen LogP contribution in [0.15, 0.2) is 133 Å². The Balaban J connectivity index is 1.54. The summed E-state index contributed by atoms with van der Waals surface area (Å²) >= 11 is 0. The third-order valence-electron chi connectivity index (χ3n) is 6.39. The molecule has 4 rings (SSSR count). The van der Waals surface area contributed by atoms with Crippen molar-refractivity contribution in [1.29, 1.82) is 0 Å². The highest BCUT2D eigenvalue weighted by Gasteiger charge is 2.33. The molecule has 0 unspecified atom stereocenters. The van der Waals surface area contributed by atoms with Crippen molar-refractivity contribution in [3.05, 3.63) is 156 Å². The molecule has 3 atom stereocenters. The first-order valence-electron chi connectivity index (χ1n) is 13.4. The molecule has 0 aliphatic carbocycles. The molecule has 40 heavy (non-hydrogen) atoms. The Morgan fingerprint density at radius 2 is 0.975 bits per heavy atom. The fourth-order valence-electron chi connectivity index (χ4n) is 4.26. The van der Waals surface area contributed by atoms with Crippen LogP contribution in [0.3, 0.4) is 0 Å². The van der Waals surface area contributed by atoms with Gasteiger partial charge in [-0.1, -0.05) is 134 Å². The van der Waals surface area contributed by atoms with Crippen molar-refractivity contribution >= 4 is 0 Å². The van der Waals surface area contributed by atoms with E-state index < -0.39 is 18.3 Å². The molecule has 0 aromatic heterocycles. The van der Waals surface area contributed by atoms with Gasteiger partial charge in [-0.05, 0) is 27.8 Å². The second-order valence-electron chi connectivity index (χ2n) is 9.50. The fraction of sp³-hybridized carbons (Fsp3) is 0.222. The van der Waals surface area contributed by atoms with Crippen molar-refractivity contribution in [3.8, 4) is 12.3 Å². The zero-order valence-corrected chi connectivity index (χ0v) is 22.7. The highest BCUT2D eigenvalue weighted by molar-refractivity contribution is 5.19. The lowest BCUT2D eigenvalue weighted by Gasteiger charge is -2.32. The van der Waals surface area contributed by atoms with Crippen LogP contribution in [0.5, 0.6) is 0 Å². The van der Waals surface area contributed by atoms with Crippen molar-refractivity contribution in [3.63, 3.8) is 0 Å². The first kappa shape index (κ1) is 29.0. The molecule has 4 nitrogen and oxygen atoms in total. The number of benzene rings is 4. The molecule has 0 aliphatic heterocycles. The molecule has 0 radical (unpaired) electrons. The van der Waals surface area contributed by atoms with Gasteiger partial charge in [-0.3, -0.25) is 0 Å². The van der Waals surface area contributed by atoms with Gasteiger partial charge in [0.15, 0.2) is 0 Å². The molecule has 4 heteroatoms. The molecular formula is C36H36O4. The Bertz CT molecular complexity index is 1300. The topological polar surface area (TPSA) is 36.9 Å². The van der Waals surface area contributed by atoms with Gasteiger partial charge in [0.1, 0.15) is 18.3 Å². The van der Waals surface area contributed by atoms with Crippen molar-refractivity contribution in [2.45, 2.75) is 44.7 Å². The van der Waals surface area contributed by atoms with Crippen LogP contribution in [-0.2, 0) is 45.4 Å². The van der Waals surface area contributed by atoms with E-state index in [2.05, 4.69) is 12.5 Å². The first-order valence-corrected chi connectivity index (χ1v) is 13.4. The Morgan fingerprint density at radius 3 is 1.43 bits per heavy atom. The third kappa shape index (κ3) is 9.34. The van der Waals surface area contributed by atoms with E-state index >= 15 is 0 Å². The molecule has 4 aromatic rings. The zero-order valence-electron chi connectivity index (χ0n) is 22.7. The minimum Gasteiger partial charge on any atom is -0.372 e. The summed E-state index contributed by atoms with van der Waals surface area (Å²) in [5, 5.41) is 0. The van der Waals surface area contributed by atoms with Gasteiger partial charge in [-0.25, -0.2) is 0 Å². The van der Waals surface area contributed by atoms with Gasteiger partial charge in [-0.2, -0.15) is 0 Å². The second-order valence-corrected chi connectivity index (χ2v) is 9.50. The maximum Gasteiger partial charge on any atom is 0.147 e. The molecule has 0 amide bonds. The maximum absolute atomic E-state index is 6.50. The number of hydrogen-bond acceptors (Lipinski definition) is 4. The Hall–Kier alpha value is -3.98. The van der Waals surface area contributed by atoms with Crippen molar-refractivity contribution in [2.24, 2.45) is 0 Å². The second kappa shape index (κ2) is 16.2. The van der Waals surface area contributed by atoms with E-state index in [1.807, 2.05) is 121 Å². The van der Waals surface area contributed by atoms with Crippen LogP contribution in [0.25, 0.3) is 0 Å². The molecule has 204 valence electrons. The smallest absolute Gasteiger partial charge is 0.147 e. The van der Waals surface area contributed by atoms with Gasteiger partial charge >= 0.3 is 0 Å². The monoisotopic (exact) mass is 532 g/mol. The van der Waals surface area contributed by atoms with Crippen LogP contribution in [0.1, 0.15) is 22.3 Å². The summed E-state index contributed by atoms with van der Waals surface area (Å²) in [6, 6.07) is 40.0. The normalized spacial score (nSPS) is 13.2. The quantitative estimate of drug-likeness (QED) is 0.113. The molecule has 0 spiro atoms. The van der Waals surface area contributed by atoms with Gasteiger partial charge in [0.2, 0.25) is 0 Å². The Labute approximate surface area is 238 Å². The van der Waals surface area contributed by atoms with Crippen LogP contribution in [0.4, 0.5) is 0 Å². The summed E-state index contributed by atoms with van der Waals surface area (Å²) in [7, 11) is 0. The van der Waals surface area contributed by atoms with Gasteiger partial charge in [0.25, 0.3) is 0 Å². The van der Waals surface area contributed by atoms with Gasteiger partial charge in [0.05, 0.1) is 33.0 Å². The summed E-state index contributed by atoms with van der Waals surface area (Å²) in [5.41, 5.74) is 4.90. The van der Waals surface area contributed by atoms with E-state index in [9.17, 15) is 0 Å². The predicted octanol–water partition coefficient (Wildman–Crippen LogP) is 7.15. The van der Waals surface area contributed by atoms with E-state index in [-0.39, 0.29) is 6.61 Å². The molecular weight excluding hydrogens is 496 g/mol. The lowest BCUT2D eigenvalue weighted by atomic mass is 10.0. The Morgan fingerprint density at radius 1 is 0.575 bits per heavy atom. The van der Waals surface area contributed by atoms with Crippen LogP contribution >= 0.6 is 0 Å². The molecule has 0 aliphatic rings. The fourth-order valence-corrected chi connectivity index (χ4v) is 4.26. The van der Waals surface area contributed by atoms with Gasteiger partial charge in [-0.15, -0.1) is 6.42 Å². The summed E-state index contributed by atoms with van der Waals surface area (Å²) in [6.07, 6.45) is 4.18. The van der Waals surface area contributed by atoms with Crippen molar-refractivity contribution < 1.29 is 18.9 Å². The average Bonchev–Trinajstić information content (AvgIpc) is 3.01. The highest BCUT2D eigenvalue weighted by Crippen LogP contribution is 2.23. The van der Waals surface area contributed by atoms with E-state index in [1.54, 1.807) is 0 Å². The Kier molecular flexibility index (Phi) is 11.8. The largest absolute Gasteiger partial charge is 0.372 e. The predicted molar refractivity (Wildman–Crippen MR) is 159 cm³/mol. The molecule has 0 N–H and O–H groups in total. The SMILES string of the molecule is C#C[C@@H](OCc1ccccc1)[C@@H](OCc1ccccc1)[C@H](OCc1ccccc1)C(=C)COCc1ccccc1. The summed E-state index contributed by atoms with van der Waals surface area (Å²) in [5.74, 6) is 2.82. The van der Waals surface area contributed by atoms with E-state index in [0.29, 0.717) is 26.4 Å². The molecule has 4 aromatic carbocycles. The number of rotatable bonds is 16. The standard InChI is InChI=1S/C36H36O4/c1-3-34(38-26-31-18-10-5-11-19-31)36(40-28-33-22-14-7-15-23-33)35(39-27-32-20-12-6-13-21-32)29(2)24-37-25-30-16-8-4-9-17-30/h1,4-23,34-36H,2,24-28H2/t34-,35-,36-/m1/s1. The number of terminal acetylenes is 1. The maximum atomic E-state index is 6.50. The van der Waals surface area contributed by atoms with Crippen LogP contribution in [0.2, 0.25) is 0 Å². The highest BCUT2D eigenvalue weighted by atomic mass is 16.6. The minimum atomic E-state index is -0.685. The van der Waals surface area contributed by atoms with Crippen LogP contribution < -0.4 is 0 Å². The average molecular weight is 533 g/mol. The lowest BCUT2D eigenvalue weighted by molar-refractivity contribution is -0.126. The molecule has 0 bridgehead atoms. The minimum absolute atomic E-state index is 0.287. The third-order valence-corrected chi connectivity index (χ3v) is 6.39. The molecule has 0 heterocycles.